The van der Waals surface area contributed by atoms with Crippen LogP contribution in [0, 0.1) is 0 Å². The minimum atomic E-state index is -0.247. The van der Waals surface area contributed by atoms with Crippen LogP contribution in [0.5, 0.6) is 0 Å². The first-order chi connectivity index (χ1) is 7.29. The largest absolute Gasteiger partial charge is 0.471 e. The molecule has 86 valence electrons. The topological polar surface area (TPSA) is 44.8 Å². The molecule has 0 saturated carbocycles. The third kappa shape index (κ3) is 3.55. The van der Waals surface area contributed by atoms with Gasteiger partial charge in [-0.05, 0) is 26.2 Å². The summed E-state index contributed by atoms with van der Waals surface area (Å²) >= 11 is 0. The summed E-state index contributed by atoms with van der Waals surface area (Å²) < 4.78 is 15.2. The van der Waals surface area contributed by atoms with E-state index in [1.165, 1.54) is 0 Å². The molecule has 0 aromatic rings. The number of ether oxygens (including phenoxy) is 3. The molecule has 0 aromatic heterocycles. The molecular formula is C11H18O4. The molecule has 0 N–H and O–H groups in total. The fraction of sp³-hybridized carbons (Fsp3) is 0.727. The molecule has 0 aliphatic heterocycles. The van der Waals surface area contributed by atoms with E-state index in [9.17, 15) is 4.79 Å². The predicted octanol–water partition coefficient (Wildman–Crippen LogP) is 2.00. The molecule has 0 heterocycles. The predicted molar refractivity (Wildman–Crippen MR) is 55.1 cm³/mol. The second-order valence-corrected chi connectivity index (χ2v) is 3.38. The summed E-state index contributed by atoms with van der Waals surface area (Å²) in [6.45, 7) is 2.40. The van der Waals surface area contributed by atoms with Crippen LogP contribution in [0.4, 0.5) is 0 Å². The summed E-state index contributed by atoms with van der Waals surface area (Å²) in [7, 11) is 1.56. The zero-order valence-corrected chi connectivity index (χ0v) is 9.38. The normalized spacial score (nSPS) is 16.4. The first-order valence-corrected chi connectivity index (χ1v) is 5.30. The zero-order chi connectivity index (χ0) is 11.1. The lowest BCUT2D eigenvalue weighted by atomic mass is 9.98. The van der Waals surface area contributed by atoms with E-state index in [1.54, 1.807) is 14.0 Å². The van der Waals surface area contributed by atoms with Gasteiger partial charge in [0.2, 0.25) is 0 Å². The molecule has 0 saturated heterocycles. The standard InChI is InChI=1S/C11H18O4/c1-3-14-11(12)9-6-4-5-7-10(9)15-8-13-2/h3-8H2,1-2H3. The minimum Gasteiger partial charge on any atom is -0.471 e. The van der Waals surface area contributed by atoms with Crippen LogP contribution in [-0.2, 0) is 19.0 Å². The first-order valence-electron chi connectivity index (χ1n) is 5.30. The van der Waals surface area contributed by atoms with Crippen LogP contribution in [0.3, 0.4) is 0 Å². The maximum Gasteiger partial charge on any atom is 0.337 e. The van der Waals surface area contributed by atoms with Crippen LogP contribution in [-0.4, -0.2) is 26.5 Å². The number of hydrogen-bond donors (Lipinski definition) is 0. The molecule has 0 aromatic carbocycles. The van der Waals surface area contributed by atoms with Gasteiger partial charge in [0.05, 0.1) is 12.2 Å². The van der Waals surface area contributed by atoms with E-state index in [4.69, 9.17) is 14.2 Å². The number of esters is 1. The van der Waals surface area contributed by atoms with Crippen LogP contribution >= 0.6 is 0 Å². The Bertz CT molecular complexity index is 245. The number of methoxy groups -OCH3 is 1. The van der Waals surface area contributed by atoms with Gasteiger partial charge in [0.15, 0.2) is 6.79 Å². The van der Waals surface area contributed by atoms with E-state index in [0.717, 1.165) is 31.4 Å². The van der Waals surface area contributed by atoms with Crippen LogP contribution < -0.4 is 0 Å². The summed E-state index contributed by atoms with van der Waals surface area (Å²) in [4.78, 5) is 11.6. The third-order valence-corrected chi connectivity index (χ3v) is 2.29. The van der Waals surface area contributed by atoms with Crippen molar-refractivity contribution in [3.63, 3.8) is 0 Å². The Kier molecular flexibility index (Phi) is 5.18. The van der Waals surface area contributed by atoms with E-state index in [1.807, 2.05) is 0 Å². The van der Waals surface area contributed by atoms with E-state index in [-0.39, 0.29) is 12.8 Å². The number of rotatable bonds is 5. The quantitative estimate of drug-likeness (QED) is 0.518. The van der Waals surface area contributed by atoms with Crippen molar-refractivity contribution in [3.05, 3.63) is 11.3 Å². The Balaban J connectivity index is 2.66. The fourth-order valence-electron chi connectivity index (χ4n) is 1.60. The Morgan fingerprint density at radius 3 is 2.73 bits per heavy atom. The molecule has 0 spiro atoms. The molecule has 4 nitrogen and oxygen atoms in total. The van der Waals surface area contributed by atoms with Crippen molar-refractivity contribution in [2.24, 2.45) is 0 Å². The van der Waals surface area contributed by atoms with Crippen LogP contribution in [0.2, 0.25) is 0 Å². The molecule has 15 heavy (non-hydrogen) atoms. The average molecular weight is 214 g/mol. The van der Waals surface area contributed by atoms with Gasteiger partial charge in [-0.3, -0.25) is 0 Å². The Labute approximate surface area is 90.2 Å². The Hall–Kier alpha value is -1.03. The fourth-order valence-corrected chi connectivity index (χ4v) is 1.60. The average Bonchev–Trinajstić information content (AvgIpc) is 2.27. The van der Waals surface area contributed by atoms with Crippen LogP contribution in [0.1, 0.15) is 32.6 Å². The van der Waals surface area contributed by atoms with E-state index < -0.39 is 0 Å². The van der Waals surface area contributed by atoms with Gasteiger partial charge in [0, 0.05) is 13.5 Å². The highest BCUT2D eigenvalue weighted by Gasteiger charge is 2.21. The third-order valence-electron chi connectivity index (χ3n) is 2.29. The van der Waals surface area contributed by atoms with Gasteiger partial charge >= 0.3 is 5.97 Å². The lowest BCUT2D eigenvalue weighted by molar-refractivity contribution is -0.139. The summed E-state index contributed by atoms with van der Waals surface area (Å²) in [6, 6.07) is 0. The number of carbonyl (C=O) groups excluding carboxylic acids is 1. The minimum absolute atomic E-state index is 0.193. The number of carbonyl (C=O) groups is 1. The summed E-state index contributed by atoms with van der Waals surface area (Å²) in [6.07, 6.45) is 3.63. The van der Waals surface area contributed by atoms with Crippen molar-refractivity contribution in [1.29, 1.82) is 0 Å². The number of allylic oxidation sites excluding steroid dienone is 1. The van der Waals surface area contributed by atoms with Gasteiger partial charge in [-0.25, -0.2) is 4.79 Å². The monoisotopic (exact) mass is 214 g/mol. The Morgan fingerprint density at radius 1 is 1.33 bits per heavy atom. The van der Waals surface area contributed by atoms with Gasteiger partial charge < -0.3 is 14.2 Å². The van der Waals surface area contributed by atoms with Crippen molar-refractivity contribution < 1.29 is 19.0 Å². The second-order valence-electron chi connectivity index (χ2n) is 3.38. The van der Waals surface area contributed by atoms with Crippen molar-refractivity contribution in [3.8, 4) is 0 Å². The van der Waals surface area contributed by atoms with E-state index >= 15 is 0 Å². The highest BCUT2D eigenvalue weighted by Crippen LogP contribution is 2.26. The SMILES string of the molecule is CCOC(=O)C1=C(OCOC)CCCC1. The van der Waals surface area contributed by atoms with Crippen molar-refractivity contribution in [2.45, 2.75) is 32.6 Å². The van der Waals surface area contributed by atoms with Gasteiger partial charge in [-0.2, -0.15) is 0 Å². The van der Waals surface area contributed by atoms with Gasteiger partial charge in [-0.15, -0.1) is 0 Å². The van der Waals surface area contributed by atoms with Crippen LogP contribution in [0.25, 0.3) is 0 Å². The maximum absolute atomic E-state index is 11.6. The van der Waals surface area contributed by atoms with Crippen LogP contribution in [0.15, 0.2) is 11.3 Å². The molecule has 0 bridgehead atoms. The lowest BCUT2D eigenvalue weighted by Crippen LogP contribution is -2.15. The van der Waals surface area contributed by atoms with Gasteiger partial charge in [0.25, 0.3) is 0 Å². The Morgan fingerprint density at radius 2 is 2.07 bits per heavy atom. The second kappa shape index (κ2) is 6.45. The highest BCUT2D eigenvalue weighted by molar-refractivity contribution is 5.89. The molecule has 0 unspecified atom stereocenters. The van der Waals surface area contributed by atoms with Crippen molar-refractivity contribution >= 4 is 5.97 Å². The molecule has 0 atom stereocenters. The maximum atomic E-state index is 11.6. The molecule has 0 amide bonds. The summed E-state index contributed by atoms with van der Waals surface area (Å²) in [5.74, 6) is 0.491. The molecule has 0 radical (unpaired) electrons. The zero-order valence-electron chi connectivity index (χ0n) is 9.38. The van der Waals surface area contributed by atoms with Gasteiger partial charge in [0.1, 0.15) is 5.76 Å². The molecular weight excluding hydrogens is 196 g/mol. The highest BCUT2D eigenvalue weighted by atomic mass is 16.7. The lowest BCUT2D eigenvalue weighted by Gasteiger charge is -2.19. The van der Waals surface area contributed by atoms with Gasteiger partial charge in [-0.1, -0.05) is 0 Å². The molecule has 1 aliphatic carbocycles. The number of hydrogen-bond acceptors (Lipinski definition) is 4. The molecule has 4 heteroatoms. The van der Waals surface area contributed by atoms with E-state index in [0.29, 0.717) is 12.2 Å². The smallest absolute Gasteiger partial charge is 0.337 e. The molecule has 1 rings (SSSR count). The van der Waals surface area contributed by atoms with Crippen molar-refractivity contribution in [2.75, 3.05) is 20.5 Å². The summed E-state index contributed by atoms with van der Waals surface area (Å²) in [5, 5.41) is 0. The molecule has 0 fully saturated rings. The van der Waals surface area contributed by atoms with E-state index in [2.05, 4.69) is 0 Å². The molecule has 1 aliphatic rings. The summed E-state index contributed by atoms with van der Waals surface area (Å²) in [5.41, 5.74) is 0.681. The first kappa shape index (κ1) is 12.0. The van der Waals surface area contributed by atoms with Crippen molar-refractivity contribution in [1.82, 2.24) is 0 Å².